The highest BCUT2D eigenvalue weighted by Gasteiger charge is 2.22. The number of esters is 2. The molecule has 0 atom stereocenters. The summed E-state index contributed by atoms with van der Waals surface area (Å²) in [7, 11) is 0. The first-order valence-electron chi connectivity index (χ1n) is 8.29. The molecule has 0 aliphatic heterocycles. The molecule has 8 heteroatoms. The molecule has 0 amide bonds. The summed E-state index contributed by atoms with van der Waals surface area (Å²) in [5, 5.41) is 11.6. The lowest BCUT2D eigenvalue weighted by atomic mass is 9.96. The van der Waals surface area contributed by atoms with Gasteiger partial charge in [-0.25, -0.2) is 4.79 Å². The van der Waals surface area contributed by atoms with Gasteiger partial charge in [0, 0.05) is 23.9 Å². The molecule has 0 radical (unpaired) electrons. The molecule has 138 valence electrons. The fourth-order valence-electron chi connectivity index (χ4n) is 2.76. The number of hydrogen-bond donors (Lipinski definition) is 0. The number of benzene rings is 1. The number of carbonyl (C=O) groups excluding carboxylic acids is 2. The summed E-state index contributed by atoms with van der Waals surface area (Å²) in [4.78, 5) is 39.0. The first kappa shape index (κ1) is 19.3. The van der Waals surface area contributed by atoms with Crippen molar-refractivity contribution in [1.29, 1.82) is 0 Å². The molecular weight excluding hydrogens is 340 g/mol. The van der Waals surface area contributed by atoms with Crippen molar-refractivity contribution in [3.8, 4) is 0 Å². The molecule has 0 unspecified atom stereocenters. The molecule has 0 saturated carbocycles. The average molecular weight is 360 g/mol. The van der Waals surface area contributed by atoms with Crippen LogP contribution in [0.1, 0.15) is 41.9 Å². The molecule has 0 spiro atoms. The van der Waals surface area contributed by atoms with Crippen LogP contribution in [0.2, 0.25) is 0 Å². The van der Waals surface area contributed by atoms with E-state index in [0.717, 1.165) is 0 Å². The molecule has 1 aromatic heterocycles. The average Bonchev–Trinajstić information content (AvgIpc) is 2.59. The van der Waals surface area contributed by atoms with Crippen LogP contribution in [-0.4, -0.2) is 35.1 Å². The standard InChI is InChI=1S/C18H20N2O6/c1-4-25-16(21)9-8-14-13-7-6-12(20(23)24)10-15(13)19-11(3)17(14)18(22)26-5-2/h6-7,10H,4-5,8-9H2,1-3H3. The van der Waals surface area contributed by atoms with Crippen molar-refractivity contribution < 1.29 is 24.0 Å². The molecule has 0 aliphatic rings. The van der Waals surface area contributed by atoms with Crippen LogP contribution in [-0.2, 0) is 20.7 Å². The predicted octanol–water partition coefficient (Wildman–Crippen LogP) is 3.12. The van der Waals surface area contributed by atoms with Crippen molar-refractivity contribution in [2.75, 3.05) is 13.2 Å². The number of aryl methyl sites for hydroxylation is 2. The third-order valence-electron chi connectivity index (χ3n) is 3.83. The molecule has 8 nitrogen and oxygen atoms in total. The summed E-state index contributed by atoms with van der Waals surface area (Å²) in [5.74, 6) is -0.913. The summed E-state index contributed by atoms with van der Waals surface area (Å²) in [6, 6.07) is 4.25. The van der Waals surface area contributed by atoms with E-state index in [9.17, 15) is 19.7 Å². The zero-order valence-corrected chi connectivity index (χ0v) is 14.9. The Hall–Kier alpha value is -3.03. The highest BCUT2D eigenvalue weighted by atomic mass is 16.6. The van der Waals surface area contributed by atoms with Gasteiger partial charge in [-0.2, -0.15) is 0 Å². The maximum absolute atomic E-state index is 12.4. The van der Waals surface area contributed by atoms with Crippen LogP contribution in [0.25, 0.3) is 10.9 Å². The lowest BCUT2D eigenvalue weighted by Gasteiger charge is -2.14. The van der Waals surface area contributed by atoms with Gasteiger partial charge in [0.2, 0.25) is 0 Å². The minimum absolute atomic E-state index is 0.0792. The second kappa shape index (κ2) is 8.37. The van der Waals surface area contributed by atoms with Crippen molar-refractivity contribution in [3.63, 3.8) is 0 Å². The quantitative estimate of drug-likeness (QED) is 0.424. The molecule has 0 saturated heterocycles. The topological polar surface area (TPSA) is 109 Å². The maximum Gasteiger partial charge on any atom is 0.340 e. The number of nitro benzene ring substituents is 1. The van der Waals surface area contributed by atoms with E-state index < -0.39 is 10.9 Å². The second-order valence-electron chi connectivity index (χ2n) is 5.53. The lowest BCUT2D eigenvalue weighted by molar-refractivity contribution is -0.384. The van der Waals surface area contributed by atoms with E-state index in [0.29, 0.717) is 22.2 Å². The lowest BCUT2D eigenvalue weighted by Crippen LogP contribution is -2.14. The molecule has 2 rings (SSSR count). The van der Waals surface area contributed by atoms with Gasteiger partial charge in [-0.1, -0.05) is 0 Å². The molecule has 0 N–H and O–H groups in total. The zero-order valence-electron chi connectivity index (χ0n) is 14.9. The number of nitrogens with zero attached hydrogens (tertiary/aromatic N) is 2. The molecule has 1 aromatic carbocycles. The van der Waals surface area contributed by atoms with Gasteiger partial charge in [0.25, 0.3) is 5.69 Å². The Morgan fingerprint density at radius 2 is 1.88 bits per heavy atom. The van der Waals surface area contributed by atoms with Crippen molar-refractivity contribution in [1.82, 2.24) is 4.98 Å². The predicted molar refractivity (Wildman–Crippen MR) is 94.0 cm³/mol. The summed E-state index contributed by atoms with van der Waals surface area (Å²) < 4.78 is 10.1. The summed E-state index contributed by atoms with van der Waals surface area (Å²) >= 11 is 0. The fourth-order valence-corrected chi connectivity index (χ4v) is 2.76. The summed E-state index contributed by atoms with van der Waals surface area (Å²) in [6.07, 6.45) is 0.320. The minimum Gasteiger partial charge on any atom is -0.466 e. The number of ether oxygens (including phenoxy) is 2. The Morgan fingerprint density at radius 3 is 2.50 bits per heavy atom. The van der Waals surface area contributed by atoms with E-state index in [-0.39, 0.29) is 43.3 Å². The van der Waals surface area contributed by atoms with Crippen LogP contribution in [0, 0.1) is 17.0 Å². The van der Waals surface area contributed by atoms with Gasteiger partial charge in [-0.15, -0.1) is 0 Å². The van der Waals surface area contributed by atoms with Gasteiger partial charge in [0.1, 0.15) is 0 Å². The van der Waals surface area contributed by atoms with E-state index in [1.807, 2.05) is 0 Å². The van der Waals surface area contributed by atoms with Crippen LogP contribution in [0.4, 0.5) is 5.69 Å². The monoisotopic (exact) mass is 360 g/mol. The Morgan fingerprint density at radius 1 is 1.19 bits per heavy atom. The highest BCUT2D eigenvalue weighted by molar-refractivity contribution is 5.99. The van der Waals surface area contributed by atoms with Gasteiger partial charge in [-0.3, -0.25) is 19.9 Å². The van der Waals surface area contributed by atoms with Crippen molar-refractivity contribution in [3.05, 3.63) is 45.1 Å². The van der Waals surface area contributed by atoms with E-state index >= 15 is 0 Å². The Kier molecular flexibility index (Phi) is 6.21. The minimum atomic E-state index is -0.531. The molecule has 2 aromatic rings. The van der Waals surface area contributed by atoms with Crippen LogP contribution in [0.3, 0.4) is 0 Å². The molecular formula is C18H20N2O6. The molecule has 0 aliphatic carbocycles. The van der Waals surface area contributed by atoms with Crippen LogP contribution in [0.5, 0.6) is 0 Å². The Labute approximate surface area is 150 Å². The van der Waals surface area contributed by atoms with Crippen LogP contribution < -0.4 is 0 Å². The highest BCUT2D eigenvalue weighted by Crippen LogP contribution is 2.28. The van der Waals surface area contributed by atoms with E-state index in [4.69, 9.17) is 9.47 Å². The van der Waals surface area contributed by atoms with Gasteiger partial charge >= 0.3 is 11.9 Å². The number of fused-ring (bicyclic) bond motifs is 1. The first-order chi connectivity index (χ1) is 12.4. The van der Waals surface area contributed by atoms with Gasteiger partial charge in [0.15, 0.2) is 0 Å². The maximum atomic E-state index is 12.4. The number of pyridine rings is 1. The van der Waals surface area contributed by atoms with Gasteiger partial charge in [-0.05, 0) is 38.8 Å². The third kappa shape index (κ3) is 4.14. The van der Waals surface area contributed by atoms with Crippen LogP contribution in [0.15, 0.2) is 18.2 Å². The summed E-state index contributed by atoms with van der Waals surface area (Å²) in [6.45, 7) is 5.52. The first-order valence-corrected chi connectivity index (χ1v) is 8.29. The number of nitro groups is 1. The normalized spacial score (nSPS) is 10.6. The van der Waals surface area contributed by atoms with E-state index in [2.05, 4.69) is 4.98 Å². The number of aromatic nitrogens is 1. The molecule has 26 heavy (non-hydrogen) atoms. The fraction of sp³-hybridized carbons (Fsp3) is 0.389. The van der Waals surface area contributed by atoms with E-state index in [1.54, 1.807) is 26.8 Å². The number of hydrogen-bond acceptors (Lipinski definition) is 7. The van der Waals surface area contributed by atoms with E-state index in [1.165, 1.54) is 12.1 Å². The number of rotatable bonds is 7. The Bertz CT molecular complexity index is 862. The third-order valence-corrected chi connectivity index (χ3v) is 3.83. The van der Waals surface area contributed by atoms with Gasteiger partial charge in [0.05, 0.1) is 34.9 Å². The zero-order chi connectivity index (χ0) is 19.3. The van der Waals surface area contributed by atoms with Crippen molar-refractivity contribution >= 4 is 28.5 Å². The molecule has 0 fully saturated rings. The number of non-ortho nitro benzene ring substituents is 1. The smallest absolute Gasteiger partial charge is 0.340 e. The summed E-state index contributed by atoms with van der Waals surface area (Å²) in [5.41, 5.74) is 1.56. The molecule has 0 bridgehead atoms. The van der Waals surface area contributed by atoms with Gasteiger partial charge < -0.3 is 9.47 Å². The van der Waals surface area contributed by atoms with Crippen molar-refractivity contribution in [2.45, 2.75) is 33.6 Å². The van der Waals surface area contributed by atoms with Crippen LogP contribution >= 0.6 is 0 Å². The largest absolute Gasteiger partial charge is 0.466 e. The SMILES string of the molecule is CCOC(=O)CCc1c(C(=O)OCC)c(C)nc2cc([N+](=O)[O-])ccc12. The number of carbonyl (C=O) groups is 2. The second-order valence-corrected chi connectivity index (χ2v) is 5.53. The van der Waals surface area contributed by atoms with Crippen molar-refractivity contribution in [2.24, 2.45) is 0 Å². The Balaban J connectivity index is 2.59. The molecule has 1 heterocycles.